The number of aromatic nitrogens is 2. The van der Waals surface area contributed by atoms with E-state index in [0.29, 0.717) is 25.2 Å². The van der Waals surface area contributed by atoms with Gasteiger partial charge in [0.25, 0.3) is 0 Å². The summed E-state index contributed by atoms with van der Waals surface area (Å²) in [6.45, 7) is 8.39. The number of nitrogens with one attached hydrogen (secondary N) is 1. The quantitative estimate of drug-likeness (QED) is 0.806. The van der Waals surface area contributed by atoms with Gasteiger partial charge in [0.05, 0.1) is 5.69 Å². The summed E-state index contributed by atoms with van der Waals surface area (Å²) in [6.07, 6.45) is 4.49. The predicted octanol–water partition coefficient (Wildman–Crippen LogP) is 2.39. The van der Waals surface area contributed by atoms with Gasteiger partial charge in [0.2, 0.25) is 0 Å². The van der Waals surface area contributed by atoms with Crippen LogP contribution in [0.3, 0.4) is 0 Å². The summed E-state index contributed by atoms with van der Waals surface area (Å²) in [4.78, 5) is 9.06. The summed E-state index contributed by atoms with van der Waals surface area (Å²) < 4.78 is 5.37. The lowest BCUT2D eigenvalue weighted by Gasteiger charge is -2.12. The molecule has 18 heavy (non-hydrogen) atoms. The van der Waals surface area contributed by atoms with Crippen LogP contribution in [-0.2, 0) is 17.9 Å². The highest BCUT2D eigenvalue weighted by Gasteiger charge is 2.28. The highest BCUT2D eigenvalue weighted by atomic mass is 16.5. The zero-order valence-electron chi connectivity index (χ0n) is 11.6. The Morgan fingerprint density at radius 2 is 2.22 bits per heavy atom. The topological polar surface area (TPSA) is 47.0 Å². The van der Waals surface area contributed by atoms with E-state index in [1.807, 2.05) is 13.1 Å². The van der Waals surface area contributed by atoms with Crippen LogP contribution in [0.15, 0.2) is 6.20 Å². The van der Waals surface area contributed by atoms with Crippen molar-refractivity contribution < 1.29 is 4.74 Å². The van der Waals surface area contributed by atoms with Crippen molar-refractivity contribution in [2.45, 2.75) is 58.7 Å². The van der Waals surface area contributed by atoms with E-state index < -0.39 is 0 Å². The molecule has 1 aromatic heterocycles. The summed E-state index contributed by atoms with van der Waals surface area (Å²) in [5.41, 5.74) is 2.47. The fourth-order valence-corrected chi connectivity index (χ4v) is 1.88. The van der Waals surface area contributed by atoms with Crippen LogP contribution in [0, 0.1) is 0 Å². The van der Waals surface area contributed by atoms with E-state index in [1.165, 1.54) is 24.1 Å². The Bertz CT molecular complexity index is 389. The van der Waals surface area contributed by atoms with E-state index >= 15 is 0 Å². The molecule has 4 heteroatoms. The Hall–Kier alpha value is -1.00. The zero-order chi connectivity index (χ0) is 13.0. The second-order valence-electron chi connectivity index (χ2n) is 5.14. The Morgan fingerprint density at radius 1 is 1.44 bits per heavy atom. The van der Waals surface area contributed by atoms with Crippen LogP contribution in [0.1, 0.15) is 56.6 Å². The molecule has 0 radical (unpaired) electrons. The lowest BCUT2D eigenvalue weighted by atomic mass is 10.1. The number of rotatable bonds is 7. The van der Waals surface area contributed by atoms with Crippen molar-refractivity contribution in [1.29, 1.82) is 0 Å². The van der Waals surface area contributed by atoms with Gasteiger partial charge in [-0.05, 0) is 19.8 Å². The molecule has 100 valence electrons. The molecule has 1 aliphatic rings. The lowest BCUT2D eigenvalue weighted by Crippen LogP contribution is -2.23. The highest BCUT2D eigenvalue weighted by Crippen LogP contribution is 2.40. The van der Waals surface area contributed by atoms with Crippen LogP contribution in [0.25, 0.3) is 0 Å². The molecule has 0 aromatic carbocycles. The summed E-state index contributed by atoms with van der Waals surface area (Å²) in [7, 11) is 0. The summed E-state index contributed by atoms with van der Waals surface area (Å²) in [6, 6.07) is 0.486. The van der Waals surface area contributed by atoms with Crippen LogP contribution in [0.5, 0.6) is 0 Å². The van der Waals surface area contributed by atoms with Gasteiger partial charge in [0, 0.05) is 36.9 Å². The molecule has 0 spiro atoms. The van der Waals surface area contributed by atoms with E-state index in [9.17, 15) is 0 Å². The molecule has 0 bridgehead atoms. The molecule has 1 aliphatic carbocycles. The van der Waals surface area contributed by atoms with Gasteiger partial charge in [-0.2, -0.15) is 0 Å². The Labute approximate surface area is 109 Å². The van der Waals surface area contributed by atoms with Crippen molar-refractivity contribution in [3.63, 3.8) is 0 Å². The van der Waals surface area contributed by atoms with Gasteiger partial charge in [0.15, 0.2) is 5.82 Å². The van der Waals surface area contributed by atoms with Crippen molar-refractivity contribution in [2.24, 2.45) is 0 Å². The maximum atomic E-state index is 5.37. The fourth-order valence-electron chi connectivity index (χ4n) is 1.88. The molecule has 0 saturated heterocycles. The van der Waals surface area contributed by atoms with Crippen LogP contribution in [-0.4, -0.2) is 22.6 Å². The molecule has 0 atom stereocenters. The average molecular weight is 249 g/mol. The number of ether oxygens (including phenoxy) is 1. The van der Waals surface area contributed by atoms with E-state index in [4.69, 9.17) is 4.74 Å². The van der Waals surface area contributed by atoms with Gasteiger partial charge >= 0.3 is 0 Å². The highest BCUT2D eigenvalue weighted by molar-refractivity contribution is 5.25. The third-order valence-corrected chi connectivity index (χ3v) is 3.05. The Balaban J connectivity index is 2.08. The maximum absolute atomic E-state index is 5.37. The van der Waals surface area contributed by atoms with Gasteiger partial charge in [-0.25, -0.2) is 9.97 Å². The minimum atomic E-state index is 0.486. The molecule has 1 aromatic rings. The standard InChI is InChI=1S/C14H23N3O/c1-4-18-9-13-16-8-12(7-15-10(2)3)14(17-13)11-5-6-11/h8,10-11,15H,4-7,9H2,1-3H3. The molecular weight excluding hydrogens is 226 g/mol. The van der Waals surface area contributed by atoms with E-state index in [1.54, 1.807) is 0 Å². The van der Waals surface area contributed by atoms with Crippen molar-refractivity contribution in [1.82, 2.24) is 15.3 Å². The zero-order valence-corrected chi connectivity index (χ0v) is 11.6. The minimum absolute atomic E-state index is 0.486. The Morgan fingerprint density at radius 3 is 2.83 bits per heavy atom. The van der Waals surface area contributed by atoms with Gasteiger partial charge < -0.3 is 10.1 Å². The van der Waals surface area contributed by atoms with E-state index in [-0.39, 0.29) is 0 Å². The molecule has 1 heterocycles. The molecule has 2 rings (SSSR count). The number of hydrogen-bond donors (Lipinski definition) is 1. The SMILES string of the molecule is CCOCc1ncc(CNC(C)C)c(C2CC2)n1. The lowest BCUT2D eigenvalue weighted by molar-refractivity contribution is 0.128. The van der Waals surface area contributed by atoms with Gasteiger partial charge in [-0.1, -0.05) is 13.8 Å². The molecule has 0 aliphatic heterocycles. The second-order valence-corrected chi connectivity index (χ2v) is 5.14. The van der Waals surface area contributed by atoms with Gasteiger partial charge in [0.1, 0.15) is 6.61 Å². The molecule has 0 amide bonds. The third kappa shape index (κ3) is 3.75. The van der Waals surface area contributed by atoms with Crippen LogP contribution >= 0.6 is 0 Å². The van der Waals surface area contributed by atoms with Gasteiger partial charge in [-0.15, -0.1) is 0 Å². The minimum Gasteiger partial charge on any atom is -0.374 e. The van der Waals surface area contributed by atoms with E-state index in [0.717, 1.165) is 12.4 Å². The summed E-state index contributed by atoms with van der Waals surface area (Å²) >= 11 is 0. The Kier molecular flexibility index (Phi) is 4.66. The second kappa shape index (κ2) is 6.25. The first kappa shape index (κ1) is 13.4. The number of hydrogen-bond acceptors (Lipinski definition) is 4. The normalized spacial score (nSPS) is 15.3. The smallest absolute Gasteiger partial charge is 0.154 e. The number of nitrogens with zero attached hydrogens (tertiary/aromatic N) is 2. The molecule has 4 nitrogen and oxygen atoms in total. The largest absolute Gasteiger partial charge is 0.374 e. The average Bonchev–Trinajstić information content (AvgIpc) is 3.18. The van der Waals surface area contributed by atoms with Crippen LogP contribution < -0.4 is 5.32 Å². The van der Waals surface area contributed by atoms with E-state index in [2.05, 4.69) is 29.1 Å². The first-order valence-electron chi connectivity index (χ1n) is 6.86. The van der Waals surface area contributed by atoms with Crippen LogP contribution in [0.4, 0.5) is 0 Å². The first-order chi connectivity index (χ1) is 8.70. The third-order valence-electron chi connectivity index (χ3n) is 3.05. The van der Waals surface area contributed by atoms with Crippen molar-refractivity contribution in [3.05, 3.63) is 23.3 Å². The molecule has 1 saturated carbocycles. The van der Waals surface area contributed by atoms with Gasteiger partial charge in [-0.3, -0.25) is 0 Å². The first-order valence-corrected chi connectivity index (χ1v) is 6.86. The molecule has 0 unspecified atom stereocenters. The molecular formula is C14H23N3O. The summed E-state index contributed by atoms with van der Waals surface area (Å²) in [5.74, 6) is 1.46. The fraction of sp³-hybridized carbons (Fsp3) is 0.714. The van der Waals surface area contributed by atoms with Crippen LogP contribution in [0.2, 0.25) is 0 Å². The van der Waals surface area contributed by atoms with Crippen molar-refractivity contribution >= 4 is 0 Å². The molecule has 1 fully saturated rings. The van der Waals surface area contributed by atoms with Crippen molar-refractivity contribution in [2.75, 3.05) is 6.61 Å². The van der Waals surface area contributed by atoms with Crippen molar-refractivity contribution in [3.8, 4) is 0 Å². The monoisotopic (exact) mass is 249 g/mol. The summed E-state index contributed by atoms with van der Waals surface area (Å²) in [5, 5.41) is 3.44. The predicted molar refractivity (Wildman–Crippen MR) is 71.3 cm³/mol. The molecule has 1 N–H and O–H groups in total. The maximum Gasteiger partial charge on any atom is 0.154 e.